The molecule has 2 saturated heterocycles. The van der Waals surface area contributed by atoms with Crippen LogP contribution in [0.3, 0.4) is 0 Å². The zero-order chi connectivity index (χ0) is 12.5. The molecule has 1 N–H and O–H groups in total. The van der Waals surface area contributed by atoms with Crippen LogP contribution in [0.5, 0.6) is 0 Å². The Morgan fingerprint density at radius 1 is 1.28 bits per heavy atom. The molecule has 0 saturated carbocycles. The number of hydrogen-bond acceptors (Lipinski definition) is 2. The largest absolute Gasteiger partial charge is 0.379 e. The summed E-state index contributed by atoms with van der Waals surface area (Å²) in [5, 5.41) is 3.77. The van der Waals surface area contributed by atoms with Crippen LogP contribution in [-0.2, 0) is 0 Å². The molecule has 0 spiro atoms. The van der Waals surface area contributed by atoms with E-state index in [4.69, 9.17) is 11.6 Å². The van der Waals surface area contributed by atoms with E-state index < -0.39 is 0 Å². The van der Waals surface area contributed by atoms with Gasteiger partial charge in [-0.25, -0.2) is 4.39 Å². The molecule has 1 aromatic carbocycles. The van der Waals surface area contributed by atoms with Crippen LogP contribution in [0.4, 0.5) is 10.1 Å². The Balaban J connectivity index is 1.69. The van der Waals surface area contributed by atoms with Crippen molar-refractivity contribution in [1.82, 2.24) is 4.90 Å². The van der Waals surface area contributed by atoms with E-state index in [9.17, 15) is 4.39 Å². The van der Waals surface area contributed by atoms with Gasteiger partial charge in [-0.2, -0.15) is 0 Å². The van der Waals surface area contributed by atoms with Gasteiger partial charge in [-0.05, 0) is 44.4 Å². The van der Waals surface area contributed by atoms with E-state index >= 15 is 0 Å². The summed E-state index contributed by atoms with van der Waals surface area (Å²) < 4.78 is 13.7. The summed E-state index contributed by atoms with van der Waals surface area (Å²) in [6, 6.07) is 5.86. The van der Waals surface area contributed by atoms with E-state index in [1.165, 1.54) is 25.5 Å². The lowest BCUT2D eigenvalue weighted by Crippen LogP contribution is -2.42. The number of fused-ring (bicyclic) bond motifs is 1. The maximum atomic E-state index is 13.7. The highest BCUT2D eigenvalue weighted by Gasteiger charge is 2.31. The van der Waals surface area contributed by atoms with Gasteiger partial charge in [-0.1, -0.05) is 17.7 Å². The van der Waals surface area contributed by atoms with Gasteiger partial charge >= 0.3 is 0 Å². The van der Waals surface area contributed by atoms with Gasteiger partial charge in [-0.15, -0.1) is 0 Å². The fourth-order valence-electron chi connectivity index (χ4n) is 3.20. The second kappa shape index (κ2) is 5.06. The van der Waals surface area contributed by atoms with Gasteiger partial charge in [0.2, 0.25) is 0 Å². The van der Waals surface area contributed by atoms with Gasteiger partial charge in [0.25, 0.3) is 0 Å². The minimum atomic E-state index is -0.253. The summed E-state index contributed by atoms with van der Waals surface area (Å²) in [4.78, 5) is 2.56. The van der Waals surface area contributed by atoms with Gasteiger partial charge in [0.1, 0.15) is 5.82 Å². The average Bonchev–Trinajstić information content (AvgIpc) is 2.81. The lowest BCUT2D eigenvalue weighted by atomic mass is 9.97. The lowest BCUT2D eigenvalue weighted by Gasteiger charge is -2.35. The first kappa shape index (κ1) is 12.2. The van der Waals surface area contributed by atoms with Gasteiger partial charge in [0.05, 0.1) is 10.7 Å². The molecule has 98 valence electrons. The average molecular weight is 269 g/mol. The molecule has 2 atom stereocenters. The van der Waals surface area contributed by atoms with Gasteiger partial charge in [0, 0.05) is 18.6 Å². The SMILES string of the molecule is Fc1cccc(Cl)c1NC1CCN2CCCC2C1. The molecule has 2 heterocycles. The Morgan fingerprint density at radius 2 is 2.17 bits per heavy atom. The smallest absolute Gasteiger partial charge is 0.147 e. The fourth-order valence-corrected chi connectivity index (χ4v) is 3.41. The van der Waals surface area contributed by atoms with Crippen molar-refractivity contribution in [2.24, 2.45) is 0 Å². The Bertz CT molecular complexity index is 418. The van der Waals surface area contributed by atoms with Crippen molar-refractivity contribution >= 4 is 17.3 Å². The first-order valence-corrected chi connectivity index (χ1v) is 7.06. The number of nitrogens with zero attached hydrogens (tertiary/aromatic N) is 1. The molecule has 2 aliphatic heterocycles. The Labute approximate surface area is 112 Å². The van der Waals surface area contributed by atoms with E-state index in [1.54, 1.807) is 12.1 Å². The first-order valence-electron chi connectivity index (χ1n) is 6.68. The number of piperidine rings is 1. The molecule has 2 fully saturated rings. The van der Waals surface area contributed by atoms with Crippen LogP contribution in [0.2, 0.25) is 5.02 Å². The number of nitrogens with one attached hydrogen (secondary N) is 1. The highest BCUT2D eigenvalue weighted by molar-refractivity contribution is 6.33. The van der Waals surface area contributed by atoms with E-state index in [-0.39, 0.29) is 5.82 Å². The zero-order valence-electron chi connectivity index (χ0n) is 10.3. The van der Waals surface area contributed by atoms with Crippen LogP contribution in [0.15, 0.2) is 18.2 Å². The Hall–Kier alpha value is -0.800. The van der Waals surface area contributed by atoms with E-state index in [0.717, 1.165) is 19.4 Å². The maximum absolute atomic E-state index is 13.7. The molecule has 0 amide bonds. The second-order valence-corrected chi connectivity index (χ2v) is 5.70. The molecule has 0 bridgehead atoms. The normalized spacial score (nSPS) is 28.1. The first-order chi connectivity index (χ1) is 8.74. The standard InChI is InChI=1S/C14H18ClFN2/c15-12-4-1-5-13(16)14(12)17-10-6-8-18-7-2-3-11(18)9-10/h1,4-5,10-11,17H,2-3,6-9H2. The summed E-state index contributed by atoms with van der Waals surface area (Å²) in [7, 11) is 0. The third-order valence-electron chi connectivity index (χ3n) is 4.13. The van der Waals surface area contributed by atoms with Crippen molar-refractivity contribution < 1.29 is 4.39 Å². The molecule has 4 heteroatoms. The molecule has 3 rings (SSSR count). The van der Waals surface area contributed by atoms with Crippen molar-refractivity contribution in [1.29, 1.82) is 0 Å². The molecule has 2 unspecified atom stereocenters. The third kappa shape index (κ3) is 2.34. The summed E-state index contributed by atoms with van der Waals surface area (Å²) >= 11 is 6.05. The van der Waals surface area contributed by atoms with Crippen molar-refractivity contribution in [3.63, 3.8) is 0 Å². The van der Waals surface area contributed by atoms with Crippen LogP contribution in [0.1, 0.15) is 25.7 Å². The van der Waals surface area contributed by atoms with E-state index in [0.29, 0.717) is 22.8 Å². The van der Waals surface area contributed by atoms with Crippen LogP contribution in [-0.4, -0.2) is 30.1 Å². The molecule has 2 nitrogen and oxygen atoms in total. The van der Waals surface area contributed by atoms with Crippen molar-refractivity contribution in [3.05, 3.63) is 29.0 Å². The monoisotopic (exact) mass is 268 g/mol. The number of rotatable bonds is 2. The minimum Gasteiger partial charge on any atom is -0.379 e. The number of halogens is 2. The number of anilines is 1. The molecule has 0 aliphatic carbocycles. The summed E-state index contributed by atoms with van der Waals surface area (Å²) in [6.07, 6.45) is 4.76. The highest BCUT2D eigenvalue weighted by Crippen LogP contribution is 2.31. The Morgan fingerprint density at radius 3 is 3.00 bits per heavy atom. The van der Waals surface area contributed by atoms with E-state index in [1.807, 2.05) is 0 Å². The van der Waals surface area contributed by atoms with E-state index in [2.05, 4.69) is 10.2 Å². The molecule has 2 aliphatic rings. The number of hydrogen-bond donors (Lipinski definition) is 1. The minimum absolute atomic E-state index is 0.253. The lowest BCUT2D eigenvalue weighted by molar-refractivity contribution is 0.188. The predicted molar refractivity (Wildman–Crippen MR) is 72.6 cm³/mol. The van der Waals surface area contributed by atoms with Crippen LogP contribution < -0.4 is 5.32 Å². The summed E-state index contributed by atoms with van der Waals surface area (Å²) in [6.45, 7) is 2.35. The van der Waals surface area contributed by atoms with Crippen molar-refractivity contribution in [2.75, 3.05) is 18.4 Å². The van der Waals surface area contributed by atoms with Crippen LogP contribution in [0, 0.1) is 5.82 Å². The quantitative estimate of drug-likeness (QED) is 0.883. The molecule has 18 heavy (non-hydrogen) atoms. The third-order valence-corrected chi connectivity index (χ3v) is 4.45. The Kier molecular flexibility index (Phi) is 3.44. The van der Waals surface area contributed by atoms with Gasteiger partial charge < -0.3 is 10.2 Å². The molecule has 0 radical (unpaired) electrons. The maximum Gasteiger partial charge on any atom is 0.147 e. The van der Waals surface area contributed by atoms with Crippen LogP contribution in [0.25, 0.3) is 0 Å². The van der Waals surface area contributed by atoms with Crippen molar-refractivity contribution in [2.45, 2.75) is 37.8 Å². The number of para-hydroxylation sites is 1. The molecule has 0 aromatic heterocycles. The van der Waals surface area contributed by atoms with Gasteiger partial charge in [0.15, 0.2) is 0 Å². The molecule has 1 aromatic rings. The fraction of sp³-hybridized carbons (Fsp3) is 0.571. The second-order valence-electron chi connectivity index (χ2n) is 5.29. The molecular weight excluding hydrogens is 251 g/mol. The summed E-state index contributed by atoms with van der Waals surface area (Å²) in [5.41, 5.74) is 0.468. The highest BCUT2D eigenvalue weighted by atomic mass is 35.5. The molecular formula is C14H18ClFN2. The van der Waals surface area contributed by atoms with Crippen LogP contribution >= 0.6 is 11.6 Å². The predicted octanol–water partition coefficient (Wildman–Crippen LogP) is 3.52. The zero-order valence-corrected chi connectivity index (χ0v) is 11.1. The number of benzene rings is 1. The van der Waals surface area contributed by atoms with Gasteiger partial charge in [-0.3, -0.25) is 0 Å². The summed E-state index contributed by atoms with van der Waals surface area (Å²) in [5.74, 6) is -0.253. The van der Waals surface area contributed by atoms with Crippen molar-refractivity contribution in [3.8, 4) is 0 Å². The topological polar surface area (TPSA) is 15.3 Å².